The molecule has 6 nitrogen and oxygen atoms in total. The van der Waals surface area contributed by atoms with Gasteiger partial charge in [-0.25, -0.2) is 18.4 Å². The lowest BCUT2D eigenvalue weighted by Crippen LogP contribution is -2.17. The highest BCUT2D eigenvalue weighted by molar-refractivity contribution is 7.92. The van der Waals surface area contributed by atoms with Crippen LogP contribution in [0.5, 0.6) is 0 Å². The SMILES string of the molecule is CCCCCNc1nc2ccccc2nc1NS(=O)(=O)c1cccc(C)c1. The number of hydrogen-bond acceptors (Lipinski definition) is 5. The first-order chi connectivity index (χ1) is 13.0. The summed E-state index contributed by atoms with van der Waals surface area (Å²) in [6.07, 6.45) is 3.19. The fourth-order valence-electron chi connectivity index (χ4n) is 2.74. The number of sulfonamides is 1. The number of benzene rings is 2. The number of unbranched alkanes of at least 4 members (excludes halogenated alkanes) is 2. The Kier molecular flexibility index (Phi) is 5.91. The van der Waals surface area contributed by atoms with Gasteiger partial charge >= 0.3 is 0 Å². The van der Waals surface area contributed by atoms with E-state index in [9.17, 15) is 8.42 Å². The Morgan fingerprint density at radius 2 is 1.63 bits per heavy atom. The number of aryl methyl sites for hydroxylation is 1. The van der Waals surface area contributed by atoms with Crippen molar-refractivity contribution in [3.63, 3.8) is 0 Å². The fraction of sp³-hybridized carbons (Fsp3) is 0.300. The standard InChI is InChI=1S/C20H24N4O2S/c1-3-4-7-13-21-19-20(23-18-12-6-5-11-17(18)22-19)24-27(25,26)16-10-8-9-15(2)14-16/h5-6,8-12,14H,3-4,7,13H2,1-2H3,(H,21,22)(H,23,24). The van der Waals surface area contributed by atoms with E-state index in [0.29, 0.717) is 23.4 Å². The second kappa shape index (κ2) is 8.35. The molecule has 0 saturated carbocycles. The molecule has 3 aromatic rings. The number of aromatic nitrogens is 2. The molecule has 0 aliphatic heterocycles. The maximum absolute atomic E-state index is 12.8. The van der Waals surface area contributed by atoms with Gasteiger partial charge in [-0.1, -0.05) is 44.0 Å². The van der Waals surface area contributed by atoms with Crippen molar-refractivity contribution >= 4 is 32.7 Å². The van der Waals surface area contributed by atoms with Crippen molar-refractivity contribution in [3.05, 3.63) is 54.1 Å². The summed E-state index contributed by atoms with van der Waals surface area (Å²) in [7, 11) is -3.75. The molecule has 2 aromatic carbocycles. The summed E-state index contributed by atoms with van der Waals surface area (Å²) in [6, 6.07) is 14.2. The van der Waals surface area contributed by atoms with Crippen molar-refractivity contribution in [2.24, 2.45) is 0 Å². The summed E-state index contributed by atoms with van der Waals surface area (Å²) >= 11 is 0. The van der Waals surface area contributed by atoms with E-state index >= 15 is 0 Å². The lowest BCUT2D eigenvalue weighted by Gasteiger charge is -2.14. The smallest absolute Gasteiger partial charge is 0.263 e. The molecule has 27 heavy (non-hydrogen) atoms. The number of fused-ring (bicyclic) bond motifs is 1. The van der Waals surface area contributed by atoms with Gasteiger partial charge in [0, 0.05) is 6.54 Å². The molecule has 0 atom stereocenters. The van der Waals surface area contributed by atoms with Crippen LogP contribution in [0, 0.1) is 6.92 Å². The lowest BCUT2D eigenvalue weighted by molar-refractivity contribution is 0.601. The molecule has 2 N–H and O–H groups in total. The van der Waals surface area contributed by atoms with Crippen LogP contribution in [0.4, 0.5) is 11.6 Å². The number of para-hydroxylation sites is 2. The Bertz CT molecular complexity index is 1040. The van der Waals surface area contributed by atoms with E-state index in [1.165, 1.54) is 0 Å². The van der Waals surface area contributed by atoms with Crippen molar-refractivity contribution in [2.45, 2.75) is 38.0 Å². The number of anilines is 2. The monoisotopic (exact) mass is 384 g/mol. The van der Waals surface area contributed by atoms with Crippen molar-refractivity contribution < 1.29 is 8.42 Å². The van der Waals surface area contributed by atoms with Gasteiger partial charge in [0.1, 0.15) is 0 Å². The van der Waals surface area contributed by atoms with Crippen molar-refractivity contribution in [1.82, 2.24) is 9.97 Å². The van der Waals surface area contributed by atoms with E-state index in [1.54, 1.807) is 18.2 Å². The van der Waals surface area contributed by atoms with Gasteiger partial charge in [-0.3, -0.25) is 4.72 Å². The van der Waals surface area contributed by atoms with Crippen LogP contribution >= 0.6 is 0 Å². The third-order valence-electron chi connectivity index (χ3n) is 4.17. The molecule has 142 valence electrons. The zero-order valence-electron chi connectivity index (χ0n) is 15.6. The van der Waals surface area contributed by atoms with Crippen LogP contribution in [-0.2, 0) is 10.0 Å². The first-order valence-corrected chi connectivity index (χ1v) is 10.6. The Hall–Kier alpha value is -2.67. The van der Waals surface area contributed by atoms with Crippen molar-refractivity contribution in [2.75, 3.05) is 16.6 Å². The largest absolute Gasteiger partial charge is 0.367 e. The molecule has 0 spiro atoms. The van der Waals surface area contributed by atoms with E-state index in [1.807, 2.05) is 37.3 Å². The highest BCUT2D eigenvalue weighted by atomic mass is 32.2. The van der Waals surface area contributed by atoms with Gasteiger partial charge in [-0.05, 0) is 43.2 Å². The minimum absolute atomic E-state index is 0.203. The molecule has 7 heteroatoms. The van der Waals surface area contributed by atoms with Gasteiger partial charge in [-0.2, -0.15) is 0 Å². The Morgan fingerprint density at radius 3 is 2.30 bits per heavy atom. The zero-order chi connectivity index (χ0) is 19.3. The highest BCUT2D eigenvalue weighted by Gasteiger charge is 2.18. The van der Waals surface area contributed by atoms with E-state index in [4.69, 9.17) is 0 Å². The minimum Gasteiger partial charge on any atom is -0.367 e. The van der Waals surface area contributed by atoms with Crippen LogP contribution in [0.15, 0.2) is 53.4 Å². The first kappa shape index (κ1) is 19.1. The molecule has 1 heterocycles. The molecule has 0 amide bonds. The molecule has 0 radical (unpaired) electrons. The Morgan fingerprint density at radius 1 is 0.926 bits per heavy atom. The summed E-state index contributed by atoms with van der Waals surface area (Å²) in [5, 5.41) is 3.23. The predicted molar refractivity (Wildman–Crippen MR) is 110 cm³/mol. The number of nitrogens with one attached hydrogen (secondary N) is 2. The van der Waals surface area contributed by atoms with E-state index in [-0.39, 0.29) is 10.7 Å². The predicted octanol–water partition coefficient (Wildman–Crippen LogP) is 4.34. The molecule has 0 fully saturated rings. The minimum atomic E-state index is -3.75. The molecular weight excluding hydrogens is 360 g/mol. The van der Waals surface area contributed by atoms with Crippen LogP contribution < -0.4 is 10.0 Å². The average Bonchev–Trinajstić information content (AvgIpc) is 2.65. The van der Waals surface area contributed by atoms with Gasteiger partial charge in [0.2, 0.25) is 0 Å². The third-order valence-corrected chi connectivity index (χ3v) is 5.51. The number of rotatable bonds is 8. The van der Waals surface area contributed by atoms with Crippen LogP contribution in [0.1, 0.15) is 31.7 Å². The normalized spacial score (nSPS) is 11.5. The fourth-order valence-corrected chi connectivity index (χ4v) is 3.86. The molecule has 0 saturated heterocycles. The van der Waals surface area contributed by atoms with Crippen molar-refractivity contribution in [1.29, 1.82) is 0 Å². The van der Waals surface area contributed by atoms with E-state index in [2.05, 4.69) is 26.9 Å². The summed E-state index contributed by atoms with van der Waals surface area (Å²) in [4.78, 5) is 9.26. The summed E-state index contributed by atoms with van der Waals surface area (Å²) in [5.74, 6) is 0.660. The quantitative estimate of drug-likeness (QED) is 0.564. The number of hydrogen-bond donors (Lipinski definition) is 2. The average molecular weight is 385 g/mol. The maximum atomic E-state index is 12.8. The van der Waals surface area contributed by atoms with Crippen LogP contribution in [0.2, 0.25) is 0 Å². The van der Waals surface area contributed by atoms with Crippen LogP contribution in [0.3, 0.4) is 0 Å². The van der Waals surface area contributed by atoms with Crippen LogP contribution in [0.25, 0.3) is 11.0 Å². The zero-order valence-corrected chi connectivity index (χ0v) is 16.4. The highest BCUT2D eigenvalue weighted by Crippen LogP contribution is 2.24. The van der Waals surface area contributed by atoms with E-state index in [0.717, 1.165) is 24.8 Å². The van der Waals surface area contributed by atoms with Gasteiger partial charge in [0.15, 0.2) is 11.6 Å². The molecule has 0 unspecified atom stereocenters. The molecule has 0 aliphatic rings. The second-order valence-corrected chi connectivity index (χ2v) is 8.15. The molecule has 3 rings (SSSR count). The van der Waals surface area contributed by atoms with Gasteiger partial charge < -0.3 is 5.32 Å². The number of nitrogens with zero attached hydrogens (tertiary/aromatic N) is 2. The molecular formula is C20H24N4O2S. The Balaban J connectivity index is 1.95. The molecule has 1 aromatic heterocycles. The Labute approximate surface area is 160 Å². The van der Waals surface area contributed by atoms with Gasteiger partial charge in [-0.15, -0.1) is 0 Å². The van der Waals surface area contributed by atoms with Gasteiger partial charge in [0.05, 0.1) is 15.9 Å². The summed E-state index contributed by atoms with van der Waals surface area (Å²) in [5.41, 5.74) is 2.23. The molecule has 0 aliphatic carbocycles. The third kappa shape index (κ3) is 4.74. The topological polar surface area (TPSA) is 84.0 Å². The van der Waals surface area contributed by atoms with Gasteiger partial charge in [0.25, 0.3) is 10.0 Å². The van der Waals surface area contributed by atoms with Crippen LogP contribution in [-0.4, -0.2) is 24.9 Å². The van der Waals surface area contributed by atoms with E-state index < -0.39 is 10.0 Å². The molecule has 0 bridgehead atoms. The lowest BCUT2D eigenvalue weighted by atomic mass is 10.2. The van der Waals surface area contributed by atoms with Crippen molar-refractivity contribution in [3.8, 4) is 0 Å². The summed E-state index contributed by atoms with van der Waals surface area (Å²) in [6.45, 7) is 4.70. The maximum Gasteiger partial charge on any atom is 0.263 e. The summed E-state index contributed by atoms with van der Waals surface area (Å²) < 4.78 is 28.2. The first-order valence-electron chi connectivity index (χ1n) is 9.10. The second-order valence-electron chi connectivity index (χ2n) is 6.47.